The highest BCUT2D eigenvalue weighted by atomic mass is 32.2. The van der Waals surface area contributed by atoms with Crippen LogP contribution in [0.1, 0.15) is 31.3 Å². The number of ether oxygens (including phenoxy) is 1. The molecule has 0 bridgehead atoms. The zero-order valence-electron chi connectivity index (χ0n) is 16.0. The van der Waals surface area contributed by atoms with Gasteiger partial charge in [-0.05, 0) is 50.2 Å². The molecule has 1 atom stereocenters. The first-order valence-electron chi connectivity index (χ1n) is 9.00. The molecular weight excluding hydrogens is 376 g/mol. The van der Waals surface area contributed by atoms with Crippen molar-refractivity contribution >= 4 is 22.4 Å². The monoisotopic (exact) mass is 398 g/mol. The maximum atomic E-state index is 12.5. The Kier molecular flexibility index (Phi) is 6.26. The van der Waals surface area contributed by atoms with E-state index in [2.05, 4.69) is 10.5 Å². The maximum absolute atomic E-state index is 12.5. The van der Waals surface area contributed by atoms with Crippen molar-refractivity contribution < 1.29 is 18.3 Å². The Morgan fingerprint density at radius 2 is 1.89 bits per heavy atom. The number of anilines is 1. The Labute approximate surface area is 166 Å². The van der Waals surface area contributed by atoms with Gasteiger partial charge in [-0.2, -0.15) is 0 Å². The average Bonchev–Trinajstić information content (AvgIpc) is 3.18. The summed E-state index contributed by atoms with van der Waals surface area (Å²) in [5, 5.41) is 6.62. The van der Waals surface area contributed by atoms with Gasteiger partial charge in [0.1, 0.15) is 5.75 Å². The van der Waals surface area contributed by atoms with Gasteiger partial charge in [0.15, 0.2) is 11.5 Å². The summed E-state index contributed by atoms with van der Waals surface area (Å²) in [4.78, 5) is 13.1. The third-order valence-electron chi connectivity index (χ3n) is 3.90. The molecule has 146 valence electrons. The van der Waals surface area contributed by atoms with E-state index in [0.29, 0.717) is 22.1 Å². The van der Waals surface area contributed by atoms with Gasteiger partial charge in [-0.3, -0.25) is 9.00 Å². The zero-order chi connectivity index (χ0) is 20.1. The van der Waals surface area contributed by atoms with Crippen LogP contribution in [0.15, 0.2) is 64.0 Å². The summed E-state index contributed by atoms with van der Waals surface area (Å²) in [7, 11) is -1.18. The SMILES string of the molecule is CCS(=O)c1ccccc1NC(=O)c1cc(-c2ccc(OC(C)C)cc2)on1. The number of carbonyl (C=O) groups excluding carboxylic acids is 1. The molecule has 1 unspecified atom stereocenters. The third kappa shape index (κ3) is 4.67. The van der Waals surface area contributed by atoms with Crippen molar-refractivity contribution in [2.24, 2.45) is 0 Å². The fraction of sp³-hybridized carbons (Fsp3) is 0.238. The van der Waals surface area contributed by atoms with Crippen molar-refractivity contribution in [3.63, 3.8) is 0 Å². The van der Waals surface area contributed by atoms with Crippen molar-refractivity contribution in [3.8, 4) is 17.1 Å². The second-order valence-corrected chi connectivity index (χ2v) is 8.06. The van der Waals surface area contributed by atoms with E-state index in [9.17, 15) is 9.00 Å². The van der Waals surface area contributed by atoms with Gasteiger partial charge in [0.05, 0.1) is 27.5 Å². The van der Waals surface area contributed by atoms with E-state index in [1.54, 1.807) is 30.3 Å². The van der Waals surface area contributed by atoms with E-state index in [0.717, 1.165) is 11.3 Å². The van der Waals surface area contributed by atoms with Crippen LogP contribution in [0.25, 0.3) is 11.3 Å². The molecule has 1 amide bonds. The molecule has 1 aromatic heterocycles. The Hall–Kier alpha value is -2.93. The number of benzene rings is 2. The number of rotatable bonds is 7. The average molecular weight is 398 g/mol. The topological polar surface area (TPSA) is 81.4 Å². The summed E-state index contributed by atoms with van der Waals surface area (Å²) in [5.41, 5.74) is 1.44. The fourth-order valence-corrected chi connectivity index (χ4v) is 3.50. The molecule has 0 radical (unpaired) electrons. The smallest absolute Gasteiger partial charge is 0.277 e. The lowest BCUT2D eigenvalue weighted by Gasteiger charge is -2.09. The Morgan fingerprint density at radius 3 is 2.57 bits per heavy atom. The number of aromatic nitrogens is 1. The Balaban J connectivity index is 1.75. The van der Waals surface area contributed by atoms with Crippen molar-refractivity contribution in [1.82, 2.24) is 5.16 Å². The highest BCUT2D eigenvalue weighted by Crippen LogP contribution is 2.25. The molecule has 1 heterocycles. The molecule has 0 spiro atoms. The molecule has 0 fully saturated rings. The number of nitrogens with zero attached hydrogens (tertiary/aromatic N) is 1. The summed E-state index contributed by atoms with van der Waals surface area (Å²) in [6.07, 6.45) is 0.0938. The minimum absolute atomic E-state index is 0.0938. The van der Waals surface area contributed by atoms with E-state index >= 15 is 0 Å². The quantitative estimate of drug-likeness (QED) is 0.633. The molecule has 3 rings (SSSR count). The molecule has 0 saturated heterocycles. The first kappa shape index (κ1) is 19.8. The Bertz CT molecular complexity index is 980. The van der Waals surface area contributed by atoms with Gasteiger partial charge < -0.3 is 14.6 Å². The lowest BCUT2D eigenvalue weighted by Crippen LogP contribution is -2.14. The molecule has 3 aromatic rings. The third-order valence-corrected chi connectivity index (χ3v) is 5.27. The van der Waals surface area contributed by atoms with Crippen LogP contribution < -0.4 is 10.1 Å². The summed E-state index contributed by atoms with van der Waals surface area (Å²) in [5.74, 6) is 1.29. The highest BCUT2D eigenvalue weighted by Gasteiger charge is 2.16. The van der Waals surface area contributed by atoms with Gasteiger partial charge in [-0.15, -0.1) is 0 Å². The van der Waals surface area contributed by atoms with Gasteiger partial charge in [0, 0.05) is 17.4 Å². The van der Waals surface area contributed by atoms with Crippen LogP contribution in [0.2, 0.25) is 0 Å². The molecule has 0 aliphatic rings. The van der Waals surface area contributed by atoms with Crippen molar-refractivity contribution in [2.45, 2.75) is 31.8 Å². The second-order valence-electron chi connectivity index (χ2n) is 6.35. The normalized spacial score (nSPS) is 12.0. The number of nitrogens with one attached hydrogen (secondary N) is 1. The van der Waals surface area contributed by atoms with Crippen molar-refractivity contribution in [1.29, 1.82) is 0 Å². The van der Waals surface area contributed by atoms with Crippen LogP contribution in [0.5, 0.6) is 5.75 Å². The predicted octanol–water partition coefficient (Wildman–Crippen LogP) is 4.51. The van der Waals surface area contributed by atoms with E-state index in [-0.39, 0.29) is 11.8 Å². The maximum Gasteiger partial charge on any atom is 0.277 e. The molecule has 0 aliphatic carbocycles. The largest absolute Gasteiger partial charge is 0.491 e. The minimum atomic E-state index is -1.18. The highest BCUT2D eigenvalue weighted by molar-refractivity contribution is 7.85. The summed E-state index contributed by atoms with van der Waals surface area (Å²) in [6, 6.07) is 16.0. The first-order chi connectivity index (χ1) is 13.5. The van der Waals surface area contributed by atoms with Crippen LogP contribution in [-0.2, 0) is 10.8 Å². The molecule has 2 aromatic carbocycles. The van der Waals surface area contributed by atoms with Gasteiger partial charge in [-0.25, -0.2) is 0 Å². The number of carbonyl (C=O) groups is 1. The number of hydrogen-bond acceptors (Lipinski definition) is 5. The number of amides is 1. The summed E-state index contributed by atoms with van der Waals surface area (Å²) >= 11 is 0. The van der Waals surface area contributed by atoms with Crippen LogP contribution in [0, 0.1) is 0 Å². The standard InChI is InChI=1S/C21H22N2O4S/c1-4-28(25)20-8-6-5-7-17(20)22-21(24)18-13-19(27-23-18)15-9-11-16(12-10-15)26-14(2)3/h5-14H,4H2,1-3H3,(H,22,24). The van der Waals surface area contributed by atoms with Gasteiger partial charge in [0.2, 0.25) is 0 Å². The molecular formula is C21H22N2O4S. The van der Waals surface area contributed by atoms with Crippen molar-refractivity contribution in [2.75, 3.05) is 11.1 Å². The predicted molar refractivity (Wildman–Crippen MR) is 109 cm³/mol. The Morgan fingerprint density at radius 1 is 1.18 bits per heavy atom. The zero-order valence-corrected chi connectivity index (χ0v) is 16.8. The molecule has 28 heavy (non-hydrogen) atoms. The summed E-state index contributed by atoms with van der Waals surface area (Å²) in [6.45, 7) is 5.75. The van der Waals surface area contributed by atoms with E-state index in [1.165, 1.54) is 0 Å². The van der Waals surface area contributed by atoms with Crippen LogP contribution >= 0.6 is 0 Å². The van der Waals surface area contributed by atoms with Gasteiger partial charge >= 0.3 is 0 Å². The first-order valence-corrected chi connectivity index (χ1v) is 10.3. The molecule has 1 N–H and O–H groups in total. The molecule has 0 saturated carbocycles. The second kappa shape index (κ2) is 8.84. The number of hydrogen-bond donors (Lipinski definition) is 1. The molecule has 6 nitrogen and oxygen atoms in total. The van der Waals surface area contributed by atoms with Gasteiger partial charge in [0.25, 0.3) is 5.91 Å². The minimum Gasteiger partial charge on any atom is -0.491 e. The van der Waals surface area contributed by atoms with Crippen LogP contribution in [-0.4, -0.2) is 27.1 Å². The molecule has 0 aliphatic heterocycles. The lowest BCUT2D eigenvalue weighted by molar-refractivity contribution is 0.101. The number of para-hydroxylation sites is 1. The van der Waals surface area contributed by atoms with E-state index in [4.69, 9.17) is 9.26 Å². The van der Waals surface area contributed by atoms with Gasteiger partial charge in [-0.1, -0.05) is 24.2 Å². The summed E-state index contributed by atoms with van der Waals surface area (Å²) < 4.78 is 23.1. The molecule has 7 heteroatoms. The van der Waals surface area contributed by atoms with Crippen LogP contribution in [0.3, 0.4) is 0 Å². The van der Waals surface area contributed by atoms with Crippen molar-refractivity contribution in [3.05, 3.63) is 60.3 Å². The fourth-order valence-electron chi connectivity index (χ4n) is 2.60. The lowest BCUT2D eigenvalue weighted by atomic mass is 10.1. The van der Waals surface area contributed by atoms with E-state index in [1.807, 2.05) is 45.0 Å². The van der Waals surface area contributed by atoms with Crippen LogP contribution in [0.4, 0.5) is 5.69 Å². The van der Waals surface area contributed by atoms with E-state index < -0.39 is 16.7 Å².